The average Bonchev–Trinajstić information content (AvgIpc) is 2.67. The second-order valence-electron chi connectivity index (χ2n) is 7.09. The monoisotopic (exact) mass is 349 g/mol. The molecule has 2 fully saturated rings. The Bertz CT molecular complexity index is 754. The molecule has 2 unspecified atom stereocenters. The van der Waals surface area contributed by atoms with E-state index < -0.39 is 6.04 Å². The molecule has 2 aromatic rings. The number of nitrogens with one attached hydrogen (secondary N) is 1. The van der Waals surface area contributed by atoms with Crippen LogP contribution >= 0.6 is 0 Å². The summed E-state index contributed by atoms with van der Waals surface area (Å²) in [6.07, 6.45) is 0. The third-order valence-corrected chi connectivity index (χ3v) is 5.38. The molecule has 0 radical (unpaired) electrons. The quantitative estimate of drug-likeness (QED) is 0.913. The zero-order chi connectivity index (χ0) is 18.1. The van der Waals surface area contributed by atoms with E-state index >= 15 is 0 Å². The molecule has 2 aliphatic heterocycles. The van der Waals surface area contributed by atoms with Crippen LogP contribution in [-0.2, 0) is 9.59 Å². The van der Waals surface area contributed by atoms with Crippen LogP contribution in [0.4, 0.5) is 0 Å². The highest BCUT2D eigenvalue weighted by molar-refractivity contribution is 5.98. The van der Waals surface area contributed by atoms with Crippen molar-refractivity contribution in [2.75, 3.05) is 26.7 Å². The summed E-state index contributed by atoms with van der Waals surface area (Å²) in [5, 5.41) is 3.03. The summed E-state index contributed by atoms with van der Waals surface area (Å²) in [6, 6.07) is 18.9. The van der Waals surface area contributed by atoms with Crippen molar-refractivity contribution in [2.24, 2.45) is 0 Å². The number of amides is 2. The molecule has 0 spiro atoms. The number of likely N-dealkylation sites (N-methyl/N-ethyl adjacent to an activating group) is 1. The molecular formula is C21H23N3O2. The van der Waals surface area contributed by atoms with Crippen LogP contribution in [0.5, 0.6) is 0 Å². The number of benzene rings is 2. The fourth-order valence-electron chi connectivity index (χ4n) is 4.02. The van der Waals surface area contributed by atoms with Gasteiger partial charge in [-0.25, -0.2) is 0 Å². The predicted molar refractivity (Wildman–Crippen MR) is 99.7 cm³/mol. The summed E-state index contributed by atoms with van der Waals surface area (Å²) in [4.78, 5) is 29.9. The van der Waals surface area contributed by atoms with Gasteiger partial charge in [-0.05, 0) is 18.2 Å². The van der Waals surface area contributed by atoms with Crippen molar-refractivity contribution in [1.29, 1.82) is 0 Å². The first kappa shape index (κ1) is 16.8. The Kier molecular flexibility index (Phi) is 4.47. The summed E-state index contributed by atoms with van der Waals surface area (Å²) in [6.45, 7) is 1.98. The standard InChI is InChI=1S/C21H23N3O2/c1-23-12-13-24-17(14-23)20(25)22-19(21(24)26)18(15-8-4-2-5-9-15)16-10-6-3-7-11-16/h2-11,17-19H,12-14H2,1H3,(H,22,25). The average molecular weight is 349 g/mol. The number of fused-ring (bicyclic) bond motifs is 1. The number of piperazine rings is 2. The van der Waals surface area contributed by atoms with Crippen LogP contribution in [0, 0.1) is 0 Å². The largest absolute Gasteiger partial charge is 0.342 e. The van der Waals surface area contributed by atoms with Gasteiger partial charge >= 0.3 is 0 Å². The van der Waals surface area contributed by atoms with E-state index in [1.165, 1.54) is 0 Å². The first-order valence-electron chi connectivity index (χ1n) is 9.04. The second kappa shape index (κ2) is 6.92. The minimum Gasteiger partial charge on any atom is -0.342 e. The Labute approximate surface area is 153 Å². The molecule has 134 valence electrons. The third kappa shape index (κ3) is 2.99. The smallest absolute Gasteiger partial charge is 0.246 e. The molecule has 2 atom stereocenters. The van der Waals surface area contributed by atoms with E-state index in [1.807, 2.05) is 67.7 Å². The van der Waals surface area contributed by atoms with Gasteiger partial charge in [-0.2, -0.15) is 0 Å². The van der Waals surface area contributed by atoms with Gasteiger partial charge in [0.15, 0.2) is 0 Å². The molecule has 0 aromatic heterocycles. The highest BCUT2D eigenvalue weighted by Crippen LogP contribution is 2.31. The van der Waals surface area contributed by atoms with Crippen molar-refractivity contribution in [2.45, 2.75) is 18.0 Å². The SMILES string of the molecule is CN1CCN2C(=O)C(C(c3ccccc3)c3ccccc3)NC(=O)C2C1. The van der Waals surface area contributed by atoms with Gasteiger partial charge < -0.3 is 15.1 Å². The summed E-state index contributed by atoms with van der Waals surface area (Å²) < 4.78 is 0. The summed E-state index contributed by atoms with van der Waals surface area (Å²) in [5.41, 5.74) is 2.06. The first-order chi connectivity index (χ1) is 12.6. The number of hydrogen-bond acceptors (Lipinski definition) is 3. The molecule has 26 heavy (non-hydrogen) atoms. The predicted octanol–water partition coefficient (Wildman–Crippen LogP) is 1.46. The lowest BCUT2D eigenvalue weighted by Crippen LogP contribution is -2.69. The maximum atomic E-state index is 13.3. The van der Waals surface area contributed by atoms with Crippen LogP contribution in [0.15, 0.2) is 60.7 Å². The molecule has 4 rings (SSSR count). The fourth-order valence-corrected chi connectivity index (χ4v) is 4.02. The molecule has 0 saturated carbocycles. The molecule has 2 aliphatic rings. The molecule has 2 heterocycles. The van der Waals surface area contributed by atoms with E-state index in [4.69, 9.17) is 0 Å². The van der Waals surface area contributed by atoms with Crippen molar-refractivity contribution in [3.63, 3.8) is 0 Å². The van der Waals surface area contributed by atoms with E-state index in [1.54, 1.807) is 4.90 Å². The number of hydrogen-bond donors (Lipinski definition) is 1. The third-order valence-electron chi connectivity index (χ3n) is 5.38. The summed E-state index contributed by atoms with van der Waals surface area (Å²) in [7, 11) is 1.98. The Hall–Kier alpha value is -2.66. The van der Waals surface area contributed by atoms with Crippen molar-refractivity contribution in [3.05, 3.63) is 71.8 Å². The van der Waals surface area contributed by atoms with Crippen molar-refractivity contribution >= 4 is 11.8 Å². The van der Waals surface area contributed by atoms with E-state index in [-0.39, 0.29) is 23.8 Å². The van der Waals surface area contributed by atoms with Gasteiger partial charge in [0.1, 0.15) is 12.1 Å². The zero-order valence-corrected chi connectivity index (χ0v) is 14.8. The lowest BCUT2D eigenvalue weighted by molar-refractivity contribution is -0.152. The second-order valence-corrected chi connectivity index (χ2v) is 7.09. The molecule has 0 aliphatic carbocycles. The highest BCUT2D eigenvalue weighted by Gasteiger charge is 2.46. The highest BCUT2D eigenvalue weighted by atomic mass is 16.2. The lowest BCUT2D eigenvalue weighted by Gasteiger charge is -2.46. The summed E-state index contributed by atoms with van der Waals surface area (Å²) >= 11 is 0. The van der Waals surface area contributed by atoms with Gasteiger partial charge in [0.2, 0.25) is 11.8 Å². The molecular weight excluding hydrogens is 326 g/mol. The molecule has 2 amide bonds. The Balaban J connectivity index is 1.72. The van der Waals surface area contributed by atoms with Gasteiger partial charge in [0, 0.05) is 25.6 Å². The number of carbonyl (C=O) groups excluding carboxylic acids is 2. The van der Waals surface area contributed by atoms with Gasteiger partial charge in [0.05, 0.1) is 0 Å². The molecule has 1 N–H and O–H groups in total. The minimum absolute atomic E-state index is 0.0143. The van der Waals surface area contributed by atoms with E-state index in [2.05, 4.69) is 10.2 Å². The molecule has 2 aromatic carbocycles. The van der Waals surface area contributed by atoms with E-state index in [0.717, 1.165) is 17.7 Å². The molecule has 0 bridgehead atoms. The van der Waals surface area contributed by atoms with Gasteiger partial charge in [-0.3, -0.25) is 9.59 Å². The van der Waals surface area contributed by atoms with E-state index in [9.17, 15) is 9.59 Å². The lowest BCUT2D eigenvalue weighted by atomic mass is 9.82. The van der Waals surface area contributed by atoms with Crippen LogP contribution in [0.25, 0.3) is 0 Å². The Morgan fingerprint density at radius 1 is 0.923 bits per heavy atom. The maximum Gasteiger partial charge on any atom is 0.246 e. The van der Waals surface area contributed by atoms with Crippen LogP contribution in [-0.4, -0.2) is 60.4 Å². The molecule has 5 nitrogen and oxygen atoms in total. The van der Waals surface area contributed by atoms with Crippen LogP contribution in [0.3, 0.4) is 0 Å². The van der Waals surface area contributed by atoms with Crippen LogP contribution in [0.1, 0.15) is 17.0 Å². The number of nitrogens with zero attached hydrogens (tertiary/aromatic N) is 2. The molecule has 5 heteroatoms. The van der Waals surface area contributed by atoms with Crippen molar-refractivity contribution < 1.29 is 9.59 Å². The minimum atomic E-state index is -0.577. The fraction of sp³-hybridized carbons (Fsp3) is 0.333. The topological polar surface area (TPSA) is 52.6 Å². The van der Waals surface area contributed by atoms with Gasteiger partial charge in [0.25, 0.3) is 0 Å². The maximum absolute atomic E-state index is 13.3. The normalized spacial score (nSPS) is 23.7. The summed E-state index contributed by atoms with van der Waals surface area (Å²) in [5.74, 6) is -0.243. The number of carbonyl (C=O) groups is 2. The van der Waals surface area contributed by atoms with Gasteiger partial charge in [-0.1, -0.05) is 60.7 Å². The van der Waals surface area contributed by atoms with Crippen LogP contribution in [0.2, 0.25) is 0 Å². The van der Waals surface area contributed by atoms with E-state index in [0.29, 0.717) is 13.1 Å². The first-order valence-corrected chi connectivity index (χ1v) is 9.04. The van der Waals surface area contributed by atoms with Crippen molar-refractivity contribution in [3.8, 4) is 0 Å². The Morgan fingerprint density at radius 3 is 2.08 bits per heavy atom. The zero-order valence-electron chi connectivity index (χ0n) is 14.8. The van der Waals surface area contributed by atoms with Gasteiger partial charge in [-0.15, -0.1) is 0 Å². The van der Waals surface area contributed by atoms with Crippen LogP contribution < -0.4 is 5.32 Å². The Morgan fingerprint density at radius 2 is 1.50 bits per heavy atom. The number of rotatable bonds is 3. The van der Waals surface area contributed by atoms with Crippen molar-refractivity contribution in [1.82, 2.24) is 15.1 Å². The molecule has 2 saturated heterocycles.